The molecule has 1 heterocycles. The van der Waals surface area contributed by atoms with Crippen LogP contribution in [0.2, 0.25) is 0 Å². The van der Waals surface area contributed by atoms with Gasteiger partial charge in [-0.3, -0.25) is 0 Å². The van der Waals surface area contributed by atoms with Crippen LogP contribution in [0.4, 0.5) is 17.1 Å². The average molecular weight is 402 g/mol. The molecule has 0 atom stereocenters. The molecule has 0 N–H and O–H groups in total. The van der Waals surface area contributed by atoms with Gasteiger partial charge in [0.1, 0.15) is 0 Å². The van der Waals surface area contributed by atoms with Crippen LogP contribution in [0.15, 0.2) is 72.8 Å². The monoisotopic (exact) mass is 401 g/mol. The third kappa shape index (κ3) is 4.92. The second-order valence-corrected chi connectivity index (χ2v) is 8.78. The molecule has 3 nitrogen and oxygen atoms in total. The molecule has 0 saturated carbocycles. The highest BCUT2D eigenvalue weighted by Gasteiger charge is 2.33. The Kier molecular flexibility index (Phi) is 6.21. The van der Waals surface area contributed by atoms with Crippen LogP contribution in [0.3, 0.4) is 0 Å². The number of rotatable bonds is 8. The van der Waals surface area contributed by atoms with E-state index in [-0.39, 0.29) is 5.41 Å². The van der Waals surface area contributed by atoms with Crippen LogP contribution in [0.5, 0.6) is 0 Å². The molecule has 1 saturated heterocycles. The first-order valence-electron chi connectivity index (χ1n) is 10.7. The van der Waals surface area contributed by atoms with E-state index in [0.717, 1.165) is 44.2 Å². The van der Waals surface area contributed by atoms with Gasteiger partial charge >= 0.3 is 0 Å². The highest BCUT2D eigenvalue weighted by Crippen LogP contribution is 2.35. The Morgan fingerprint density at radius 1 is 0.833 bits per heavy atom. The number of hydrogen-bond acceptors (Lipinski definition) is 3. The molecule has 0 amide bonds. The fourth-order valence-corrected chi connectivity index (χ4v) is 3.73. The summed E-state index contributed by atoms with van der Waals surface area (Å²) in [6, 6.07) is 26.2. The largest absolute Gasteiger partial charge is 0.380 e. The van der Waals surface area contributed by atoms with Gasteiger partial charge in [-0.1, -0.05) is 54.4 Å². The van der Waals surface area contributed by atoms with Gasteiger partial charge in [0.2, 0.25) is 0 Å². The molecular formula is C27H31NO2. The molecule has 0 aliphatic carbocycles. The normalized spacial score (nSPS) is 14.9. The predicted octanol–water partition coefficient (Wildman–Crippen LogP) is 6.37. The van der Waals surface area contributed by atoms with Crippen LogP contribution in [-0.2, 0) is 15.9 Å². The zero-order chi connectivity index (χ0) is 21.0. The minimum Gasteiger partial charge on any atom is -0.380 e. The van der Waals surface area contributed by atoms with Gasteiger partial charge < -0.3 is 14.4 Å². The molecule has 4 rings (SSSR count). The van der Waals surface area contributed by atoms with Gasteiger partial charge in [-0.2, -0.15) is 0 Å². The van der Waals surface area contributed by atoms with Crippen LogP contribution in [0.1, 0.15) is 23.6 Å². The maximum Gasteiger partial charge on any atom is 0.0564 e. The SMILES string of the molecule is Cc1ccc(N(c2ccc(C)cc2)c2cccc(CCOCC3(C)COC3)c2)cc1. The zero-order valence-corrected chi connectivity index (χ0v) is 18.2. The fraction of sp³-hybridized carbons (Fsp3) is 0.333. The van der Waals surface area contributed by atoms with Gasteiger partial charge in [0.15, 0.2) is 0 Å². The number of nitrogens with zero attached hydrogens (tertiary/aromatic N) is 1. The van der Waals surface area contributed by atoms with E-state index in [4.69, 9.17) is 9.47 Å². The van der Waals surface area contributed by atoms with Crippen LogP contribution < -0.4 is 4.90 Å². The van der Waals surface area contributed by atoms with Crippen molar-refractivity contribution >= 4 is 17.1 Å². The highest BCUT2D eigenvalue weighted by molar-refractivity contribution is 5.76. The van der Waals surface area contributed by atoms with E-state index in [2.05, 4.69) is 98.5 Å². The smallest absolute Gasteiger partial charge is 0.0564 e. The number of hydrogen-bond donors (Lipinski definition) is 0. The molecule has 1 fully saturated rings. The third-order valence-corrected chi connectivity index (χ3v) is 5.64. The minimum absolute atomic E-state index is 0.204. The summed E-state index contributed by atoms with van der Waals surface area (Å²) in [5, 5.41) is 0. The minimum atomic E-state index is 0.204. The van der Waals surface area contributed by atoms with Crippen LogP contribution >= 0.6 is 0 Å². The summed E-state index contributed by atoms with van der Waals surface area (Å²) in [4.78, 5) is 2.32. The van der Waals surface area contributed by atoms with E-state index >= 15 is 0 Å². The fourth-order valence-electron chi connectivity index (χ4n) is 3.73. The summed E-state index contributed by atoms with van der Waals surface area (Å²) < 4.78 is 11.3. The van der Waals surface area contributed by atoms with Gasteiger partial charge in [-0.05, 0) is 62.2 Å². The molecule has 0 unspecified atom stereocenters. The molecule has 30 heavy (non-hydrogen) atoms. The van der Waals surface area contributed by atoms with Crippen molar-refractivity contribution in [3.8, 4) is 0 Å². The first-order valence-corrected chi connectivity index (χ1v) is 10.7. The second kappa shape index (κ2) is 9.03. The Balaban J connectivity index is 1.53. The molecule has 0 radical (unpaired) electrons. The average Bonchev–Trinajstić information content (AvgIpc) is 2.73. The molecule has 0 bridgehead atoms. The molecule has 1 aliphatic rings. The summed E-state index contributed by atoms with van der Waals surface area (Å²) in [5.74, 6) is 0. The lowest BCUT2D eigenvalue weighted by molar-refractivity contribution is -0.137. The lowest BCUT2D eigenvalue weighted by Gasteiger charge is -2.37. The molecule has 1 aliphatic heterocycles. The highest BCUT2D eigenvalue weighted by atomic mass is 16.5. The standard InChI is InChI=1S/C27H31NO2/c1-21-7-11-24(12-8-21)28(25-13-9-22(2)10-14-25)26-6-4-5-23(17-26)15-16-29-18-27(3)19-30-20-27/h4-14,17H,15-16,18-20H2,1-3H3. The molecular weight excluding hydrogens is 370 g/mol. The summed E-state index contributed by atoms with van der Waals surface area (Å²) in [6.45, 7) is 9.58. The topological polar surface area (TPSA) is 21.7 Å². The Morgan fingerprint density at radius 2 is 1.43 bits per heavy atom. The van der Waals surface area contributed by atoms with E-state index in [1.807, 2.05) is 0 Å². The van der Waals surface area contributed by atoms with E-state index in [0.29, 0.717) is 0 Å². The van der Waals surface area contributed by atoms with Crippen molar-refractivity contribution in [2.45, 2.75) is 27.2 Å². The number of aryl methyl sites for hydroxylation is 2. The quantitative estimate of drug-likeness (QED) is 0.409. The number of ether oxygens (including phenoxy) is 2. The maximum absolute atomic E-state index is 5.95. The van der Waals surface area contributed by atoms with Crippen molar-refractivity contribution in [2.24, 2.45) is 5.41 Å². The molecule has 3 heteroatoms. The van der Waals surface area contributed by atoms with Crippen molar-refractivity contribution in [3.63, 3.8) is 0 Å². The predicted molar refractivity (Wildman–Crippen MR) is 124 cm³/mol. The van der Waals surface area contributed by atoms with Crippen molar-refractivity contribution in [1.82, 2.24) is 0 Å². The lowest BCUT2D eigenvalue weighted by Crippen LogP contribution is -2.43. The molecule has 0 spiro atoms. The van der Waals surface area contributed by atoms with Gasteiger partial charge in [-0.25, -0.2) is 0 Å². The van der Waals surface area contributed by atoms with Crippen LogP contribution in [0.25, 0.3) is 0 Å². The van der Waals surface area contributed by atoms with E-state index in [1.165, 1.54) is 22.4 Å². The molecule has 156 valence electrons. The summed E-state index contributed by atoms with van der Waals surface area (Å²) in [6.07, 6.45) is 0.903. The van der Waals surface area contributed by atoms with Crippen molar-refractivity contribution in [1.29, 1.82) is 0 Å². The number of benzene rings is 3. The van der Waals surface area contributed by atoms with Gasteiger partial charge in [0, 0.05) is 22.5 Å². The first-order chi connectivity index (χ1) is 14.5. The third-order valence-electron chi connectivity index (χ3n) is 5.64. The maximum atomic E-state index is 5.95. The summed E-state index contributed by atoms with van der Waals surface area (Å²) >= 11 is 0. The Bertz CT molecular complexity index is 913. The number of anilines is 3. The van der Waals surface area contributed by atoms with E-state index < -0.39 is 0 Å². The van der Waals surface area contributed by atoms with Crippen LogP contribution in [0, 0.1) is 19.3 Å². The van der Waals surface area contributed by atoms with E-state index in [1.54, 1.807) is 0 Å². The summed E-state index contributed by atoms with van der Waals surface area (Å²) in [5.41, 5.74) is 7.51. The first kappa shape index (κ1) is 20.6. The summed E-state index contributed by atoms with van der Waals surface area (Å²) in [7, 11) is 0. The van der Waals surface area contributed by atoms with Gasteiger partial charge in [0.05, 0.1) is 26.4 Å². The molecule has 0 aromatic heterocycles. The van der Waals surface area contributed by atoms with Crippen LogP contribution in [-0.4, -0.2) is 26.4 Å². The Labute approximate surface area is 180 Å². The Morgan fingerprint density at radius 3 is 1.97 bits per heavy atom. The zero-order valence-electron chi connectivity index (χ0n) is 18.2. The van der Waals surface area contributed by atoms with Crippen molar-refractivity contribution < 1.29 is 9.47 Å². The van der Waals surface area contributed by atoms with Crippen molar-refractivity contribution in [3.05, 3.63) is 89.5 Å². The Hall–Kier alpha value is -2.62. The van der Waals surface area contributed by atoms with Gasteiger partial charge in [0.25, 0.3) is 0 Å². The lowest BCUT2D eigenvalue weighted by atomic mass is 9.90. The van der Waals surface area contributed by atoms with E-state index in [9.17, 15) is 0 Å². The second-order valence-electron chi connectivity index (χ2n) is 8.78. The molecule has 3 aromatic rings. The van der Waals surface area contributed by atoms with Crippen molar-refractivity contribution in [2.75, 3.05) is 31.3 Å². The molecule has 3 aromatic carbocycles. The van der Waals surface area contributed by atoms with Gasteiger partial charge in [-0.15, -0.1) is 0 Å².